The van der Waals surface area contributed by atoms with Gasteiger partial charge >= 0.3 is 0 Å². The van der Waals surface area contributed by atoms with E-state index in [-0.39, 0.29) is 0 Å². The van der Waals surface area contributed by atoms with Gasteiger partial charge in [0.2, 0.25) is 0 Å². The van der Waals surface area contributed by atoms with E-state index in [2.05, 4.69) is 4.98 Å². The first-order chi connectivity index (χ1) is 7.09. The van der Waals surface area contributed by atoms with Crippen molar-refractivity contribution in [2.75, 3.05) is 24.7 Å². The Bertz CT molecular complexity index is 508. The number of halogens is 1. The summed E-state index contributed by atoms with van der Waals surface area (Å²) in [6, 6.07) is 5.93. The van der Waals surface area contributed by atoms with E-state index in [0.29, 0.717) is 10.7 Å². The minimum Gasteiger partial charge on any atom is -0.396 e. The summed E-state index contributed by atoms with van der Waals surface area (Å²) < 4.78 is 0. The number of pyridine rings is 1. The molecule has 0 amide bonds. The van der Waals surface area contributed by atoms with Gasteiger partial charge in [-0.1, -0.05) is 11.6 Å². The molecule has 0 aliphatic carbocycles. The summed E-state index contributed by atoms with van der Waals surface area (Å²) in [5.74, 6) is 0. The van der Waals surface area contributed by atoms with Crippen LogP contribution in [0.3, 0.4) is 0 Å². The Hall–Kier alpha value is -1.48. The molecule has 0 spiro atoms. The van der Waals surface area contributed by atoms with E-state index in [4.69, 9.17) is 17.3 Å². The predicted octanol–water partition coefficient (Wildman–Crippen LogP) is 2.54. The highest BCUT2D eigenvalue weighted by molar-refractivity contribution is 6.37. The molecule has 2 N–H and O–H groups in total. The van der Waals surface area contributed by atoms with Gasteiger partial charge in [-0.25, -0.2) is 0 Å². The summed E-state index contributed by atoms with van der Waals surface area (Å²) in [6.07, 6.45) is 1.58. The van der Waals surface area contributed by atoms with Crippen LogP contribution in [-0.2, 0) is 0 Å². The molecule has 78 valence electrons. The van der Waals surface area contributed by atoms with Crippen LogP contribution in [0.5, 0.6) is 0 Å². The van der Waals surface area contributed by atoms with Crippen molar-refractivity contribution in [3.05, 3.63) is 29.4 Å². The second-order valence-corrected chi connectivity index (χ2v) is 4.00. The highest BCUT2D eigenvalue weighted by Gasteiger charge is 2.05. The number of nitrogen functional groups attached to an aromatic ring is 1. The van der Waals surface area contributed by atoms with Gasteiger partial charge in [-0.05, 0) is 18.2 Å². The van der Waals surface area contributed by atoms with Crippen LogP contribution in [0.15, 0.2) is 24.4 Å². The van der Waals surface area contributed by atoms with Gasteiger partial charge in [-0.2, -0.15) is 0 Å². The van der Waals surface area contributed by atoms with Crippen LogP contribution in [0.2, 0.25) is 5.02 Å². The standard InChI is InChI=1S/C11H12ClN3/c1-15(2)7-3-4-10-8(5-7)11(12)9(13)6-14-10/h3-6H,13H2,1-2H3. The van der Waals surface area contributed by atoms with E-state index >= 15 is 0 Å². The van der Waals surface area contributed by atoms with E-state index in [9.17, 15) is 0 Å². The SMILES string of the molecule is CN(C)c1ccc2ncc(N)c(Cl)c2c1. The van der Waals surface area contributed by atoms with Crippen LogP contribution in [0, 0.1) is 0 Å². The van der Waals surface area contributed by atoms with E-state index in [0.717, 1.165) is 16.6 Å². The summed E-state index contributed by atoms with van der Waals surface area (Å²) in [4.78, 5) is 6.23. The van der Waals surface area contributed by atoms with Gasteiger partial charge in [0.05, 0.1) is 22.4 Å². The molecule has 0 saturated carbocycles. The predicted molar refractivity (Wildman–Crippen MR) is 65.5 cm³/mol. The van der Waals surface area contributed by atoms with Crippen LogP contribution in [0.4, 0.5) is 11.4 Å². The summed E-state index contributed by atoms with van der Waals surface area (Å²) >= 11 is 6.12. The molecule has 1 aromatic heterocycles. The third-order valence-corrected chi connectivity index (χ3v) is 2.75. The highest BCUT2D eigenvalue weighted by atomic mass is 35.5. The number of anilines is 2. The lowest BCUT2D eigenvalue weighted by atomic mass is 10.2. The van der Waals surface area contributed by atoms with Gasteiger partial charge < -0.3 is 10.6 Å². The Morgan fingerprint density at radius 2 is 2.07 bits per heavy atom. The van der Waals surface area contributed by atoms with Gasteiger partial charge in [0.1, 0.15) is 0 Å². The fraction of sp³-hybridized carbons (Fsp3) is 0.182. The van der Waals surface area contributed by atoms with E-state index in [1.165, 1.54) is 0 Å². The van der Waals surface area contributed by atoms with Crippen LogP contribution >= 0.6 is 11.6 Å². The van der Waals surface area contributed by atoms with Gasteiger partial charge in [-0.15, -0.1) is 0 Å². The molecule has 3 nitrogen and oxygen atoms in total. The molecule has 0 aliphatic heterocycles. The average Bonchev–Trinajstić information content (AvgIpc) is 2.23. The van der Waals surface area contributed by atoms with Crippen LogP contribution < -0.4 is 10.6 Å². The fourth-order valence-corrected chi connectivity index (χ4v) is 1.64. The third kappa shape index (κ3) is 1.70. The van der Waals surface area contributed by atoms with Crippen molar-refractivity contribution in [1.82, 2.24) is 4.98 Å². The number of hydrogen-bond acceptors (Lipinski definition) is 3. The molecule has 0 bridgehead atoms. The average molecular weight is 222 g/mol. The molecule has 1 aromatic carbocycles. The van der Waals surface area contributed by atoms with Gasteiger partial charge in [0.15, 0.2) is 0 Å². The lowest BCUT2D eigenvalue weighted by Crippen LogP contribution is -2.08. The molecule has 0 aliphatic rings. The topological polar surface area (TPSA) is 42.2 Å². The maximum absolute atomic E-state index is 6.12. The lowest BCUT2D eigenvalue weighted by molar-refractivity contribution is 1.13. The molecular formula is C11H12ClN3. The Morgan fingerprint density at radius 3 is 2.73 bits per heavy atom. The molecule has 1 heterocycles. The van der Waals surface area contributed by atoms with Crippen LogP contribution in [0.25, 0.3) is 10.9 Å². The molecule has 2 rings (SSSR count). The first-order valence-electron chi connectivity index (χ1n) is 4.60. The van der Waals surface area contributed by atoms with Crippen molar-refractivity contribution in [2.24, 2.45) is 0 Å². The molecule has 0 radical (unpaired) electrons. The van der Waals surface area contributed by atoms with E-state index < -0.39 is 0 Å². The van der Waals surface area contributed by atoms with E-state index in [1.807, 2.05) is 37.2 Å². The number of benzene rings is 1. The largest absolute Gasteiger partial charge is 0.396 e. The molecule has 2 aromatic rings. The van der Waals surface area contributed by atoms with Crippen molar-refractivity contribution in [3.8, 4) is 0 Å². The first kappa shape index (κ1) is 10.1. The van der Waals surface area contributed by atoms with Gasteiger partial charge in [0.25, 0.3) is 0 Å². The molecule has 0 atom stereocenters. The van der Waals surface area contributed by atoms with Crippen molar-refractivity contribution in [2.45, 2.75) is 0 Å². The number of hydrogen-bond donors (Lipinski definition) is 1. The molecule has 0 unspecified atom stereocenters. The van der Waals surface area contributed by atoms with Crippen molar-refractivity contribution in [3.63, 3.8) is 0 Å². The zero-order valence-corrected chi connectivity index (χ0v) is 9.42. The maximum Gasteiger partial charge on any atom is 0.0746 e. The Kier molecular flexibility index (Phi) is 2.40. The number of rotatable bonds is 1. The summed E-state index contributed by atoms with van der Waals surface area (Å²) in [6.45, 7) is 0. The molecule has 4 heteroatoms. The zero-order valence-electron chi connectivity index (χ0n) is 8.66. The Morgan fingerprint density at radius 1 is 1.33 bits per heavy atom. The fourth-order valence-electron chi connectivity index (χ4n) is 1.44. The van der Waals surface area contributed by atoms with Crippen molar-refractivity contribution in [1.29, 1.82) is 0 Å². The smallest absolute Gasteiger partial charge is 0.0746 e. The third-order valence-electron chi connectivity index (χ3n) is 2.33. The highest BCUT2D eigenvalue weighted by Crippen LogP contribution is 2.29. The summed E-state index contributed by atoms with van der Waals surface area (Å²) in [5.41, 5.74) is 8.16. The summed E-state index contributed by atoms with van der Waals surface area (Å²) in [7, 11) is 3.96. The number of nitrogens with two attached hydrogens (primary N) is 1. The monoisotopic (exact) mass is 221 g/mol. The maximum atomic E-state index is 6.12. The first-order valence-corrected chi connectivity index (χ1v) is 4.98. The molecule has 0 saturated heterocycles. The Balaban J connectivity index is 2.73. The number of aromatic nitrogens is 1. The molecule has 15 heavy (non-hydrogen) atoms. The zero-order chi connectivity index (χ0) is 11.0. The minimum atomic E-state index is 0.514. The quantitative estimate of drug-likeness (QED) is 0.805. The van der Waals surface area contributed by atoms with Crippen molar-refractivity contribution >= 4 is 33.9 Å². The molecule has 0 fully saturated rings. The normalized spacial score (nSPS) is 10.6. The molecular weight excluding hydrogens is 210 g/mol. The van der Waals surface area contributed by atoms with E-state index in [1.54, 1.807) is 6.20 Å². The minimum absolute atomic E-state index is 0.514. The number of fused-ring (bicyclic) bond motifs is 1. The van der Waals surface area contributed by atoms with Crippen LogP contribution in [0.1, 0.15) is 0 Å². The van der Waals surface area contributed by atoms with Gasteiger partial charge in [0, 0.05) is 25.2 Å². The Labute approximate surface area is 93.5 Å². The van der Waals surface area contributed by atoms with Crippen LogP contribution in [-0.4, -0.2) is 19.1 Å². The number of nitrogens with zero attached hydrogens (tertiary/aromatic N) is 2. The second kappa shape index (κ2) is 3.59. The second-order valence-electron chi connectivity index (χ2n) is 3.62. The lowest BCUT2D eigenvalue weighted by Gasteiger charge is -2.13. The van der Waals surface area contributed by atoms with Crippen molar-refractivity contribution < 1.29 is 0 Å². The van der Waals surface area contributed by atoms with Gasteiger partial charge in [-0.3, -0.25) is 4.98 Å². The summed E-state index contributed by atoms with van der Waals surface area (Å²) in [5, 5.41) is 1.46.